The Labute approximate surface area is 185 Å². The lowest BCUT2D eigenvalue weighted by Gasteiger charge is -2.32. The zero-order chi connectivity index (χ0) is 22.1. The number of aryl methyl sites for hydroxylation is 2. The van der Waals surface area contributed by atoms with Crippen LogP contribution >= 0.6 is 0 Å². The summed E-state index contributed by atoms with van der Waals surface area (Å²) in [7, 11) is 0. The smallest absolute Gasteiger partial charge is 0.234 e. The van der Waals surface area contributed by atoms with Crippen LogP contribution < -0.4 is 9.64 Å². The fourth-order valence-corrected chi connectivity index (χ4v) is 4.09. The molecule has 9 heteroatoms. The lowest BCUT2D eigenvalue weighted by molar-refractivity contribution is 0.398. The molecule has 8 nitrogen and oxygen atoms in total. The predicted molar refractivity (Wildman–Crippen MR) is 118 cm³/mol. The number of rotatable bonds is 5. The van der Waals surface area contributed by atoms with E-state index in [0.29, 0.717) is 17.1 Å². The van der Waals surface area contributed by atoms with Crippen LogP contribution in [0.5, 0.6) is 11.6 Å². The summed E-state index contributed by atoms with van der Waals surface area (Å²) < 4.78 is 22.8. The maximum Gasteiger partial charge on any atom is 0.234 e. The molecule has 1 aliphatic heterocycles. The third-order valence-corrected chi connectivity index (χ3v) is 5.93. The highest BCUT2D eigenvalue weighted by Gasteiger charge is 2.26. The summed E-state index contributed by atoms with van der Waals surface area (Å²) in [5.41, 5.74) is 2.37. The van der Waals surface area contributed by atoms with E-state index < -0.39 is 5.82 Å². The van der Waals surface area contributed by atoms with Crippen LogP contribution in [-0.4, -0.2) is 42.6 Å². The minimum atomic E-state index is -0.391. The molecule has 0 aliphatic carbocycles. The molecule has 1 saturated heterocycles. The van der Waals surface area contributed by atoms with E-state index in [1.54, 1.807) is 18.3 Å². The van der Waals surface area contributed by atoms with Crippen LogP contribution in [0.25, 0.3) is 11.0 Å². The molecule has 0 aromatic carbocycles. The van der Waals surface area contributed by atoms with Gasteiger partial charge in [-0.05, 0) is 43.9 Å². The summed E-state index contributed by atoms with van der Waals surface area (Å²) in [5, 5.41) is 0.289. The van der Waals surface area contributed by atoms with Crippen LogP contribution in [0.2, 0.25) is 0 Å². The third kappa shape index (κ3) is 3.74. The molecule has 0 saturated carbocycles. The highest BCUT2D eigenvalue weighted by molar-refractivity contribution is 5.82. The second kappa shape index (κ2) is 8.49. The van der Waals surface area contributed by atoms with Gasteiger partial charge in [0, 0.05) is 43.9 Å². The molecular weight excluding hydrogens is 409 g/mol. The van der Waals surface area contributed by atoms with Crippen LogP contribution in [-0.2, 0) is 6.42 Å². The first kappa shape index (κ1) is 20.3. The molecule has 164 valence electrons. The summed E-state index contributed by atoms with van der Waals surface area (Å²) in [6, 6.07) is 3.68. The van der Waals surface area contributed by atoms with Gasteiger partial charge in [0.05, 0.1) is 5.69 Å². The Morgan fingerprint density at radius 1 is 1.09 bits per heavy atom. The first-order valence-electron chi connectivity index (χ1n) is 10.8. The van der Waals surface area contributed by atoms with E-state index in [1.165, 1.54) is 12.5 Å². The fourth-order valence-electron chi connectivity index (χ4n) is 4.09. The van der Waals surface area contributed by atoms with Crippen molar-refractivity contribution in [3.8, 4) is 11.6 Å². The Morgan fingerprint density at radius 2 is 1.88 bits per heavy atom. The normalized spacial score (nSPS) is 14.8. The molecule has 5 rings (SSSR count). The maximum absolute atomic E-state index is 15.0. The molecule has 0 unspecified atom stereocenters. The van der Waals surface area contributed by atoms with Crippen molar-refractivity contribution in [3.05, 3.63) is 60.3 Å². The van der Waals surface area contributed by atoms with Crippen LogP contribution in [0.15, 0.2) is 43.2 Å². The molecule has 5 heterocycles. The van der Waals surface area contributed by atoms with Gasteiger partial charge >= 0.3 is 0 Å². The summed E-state index contributed by atoms with van der Waals surface area (Å²) in [5.74, 6) is 1.10. The number of hydrogen-bond acceptors (Lipinski definition) is 7. The van der Waals surface area contributed by atoms with E-state index in [0.717, 1.165) is 43.9 Å². The lowest BCUT2D eigenvalue weighted by Crippen LogP contribution is -2.35. The Bertz CT molecular complexity index is 1230. The quantitative estimate of drug-likeness (QED) is 0.465. The van der Waals surface area contributed by atoms with E-state index in [1.807, 2.05) is 23.9 Å². The van der Waals surface area contributed by atoms with E-state index in [4.69, 9.17) is 4.74 Å². The summed E-state index contributed by atoms with van der Waals surface area (Å²) in [6.45, 7) is 5.51. The Morgan fingerprint density at radius 3 is 2.59 bits per heavy atom. The van der Waals surface area contributed by atoms with E-state index >= 15 is 4.39 Å². The number of anilines is 1. The van der Waals surface area contributed by atoms with Gasteiger partial charge in [0.25, 0.3) is 0 Å². The zero-order valence-electron chi connectivity index (χ0n) is 18.1. The third-order valence-electron chi connectivity index (χ3n) is 5.93. The SMILES string of the molecule is CCc1cnc(N2CCC(n3cc(F)c4c(Oc5cccnc5C)ncnc43)CC2)nc1. The van der Waals surface area contributed by atoms with Crippen LogP contribution in [0.4, 0.5) is 10.3 Å². The van der Waals surface area contributed by atoms with Gasteiger partial charge in [-0.25, -0.2) is 24.3 Å². The van der Waals surface area contributed by atoms with Crippen molar-refractivity contribution in [1.82, 2.24) is 29.5 Å². The number of piperidine rings is 1. The average Bonchev–Trinajstić information content (AvgIpc) is 3.18. The molecule has 0 spiro atoms. The van der Waals surface area contributed by atoms with Gasteiger partial charge in [-0.2, -0.15) is 0 Å². The highest BCUT2D eigenvalue weighted by Crippen LogP contribution is 2.34. The second-order valence-electron chi connectivity index (χ2n) is 7.91. The Balaban J connectivity index is 1.38. The van der Waals surface area contributed by atoms with Crippen LogP contribution in [0, 0.1) is 12.7 Å². The van der Waals surface area contributed by atoms with Gasteiger partial charge in [-0.3, -0.25) is 4.98 Å². The minimum absolute atomic E-state index is 0.121. The summed E-state index contributed by atoms with van der Waals surface area (Å²) in [4.78, 5) is 23.9. The number of hydrogen-bond donors (Lipinski definition) is 0. The van der Waals surface area contributed by atoms with Gasteiger partial charge in [0.1, 0.15) is 11.7 Å². The van der Waals surface area contributed by atoms with Crippen molar-refractivity contribution in [1.29, 1.82) is 0 Å². The number of ether oxygens (including phenoxy) is 1. The summed E-state index contributed by atoms with van der Waals surface area (Å²) in [6.07, 6.45) is 11.0. The van der Waals surface area contributed by atoms with Gasteiger partial charge in [-0.1, -0.05) is 6.92 Å². The van der Waals surface area contributed by atoms with Crippen molar-refractivity contribution in [3.63, 3.8) is 0 Å². The molecule has 0 N–H and O–H groups in total. The van der Waals surface area contributed by atoms with Crippen molar-refractivity contribution >= 4 is 17.0 Å². The van der Waals surface area contributed by atoms with E-state index in [9.17, 15) is 0 Å². The average molecular weight is 433 g/mol. The van der Waals surface area contributed by atoms with Gasteiger partial charge in [0.15, 0.2) is 17.2 Å². The first-order valence-corrected chi connectivity index (χ1v) is 10.8. The first-order chi connectivity index (χ1) is 15.6. The molecule has 0 amide bonds. The molecule has 1 aliphatic rings. The standard InChI is InChI=1S/C23H24FN7O/c1-3-16-11-26-23(27-12-16)30-9-6-17(7-10-30)31-13-18(24)20-21(31)28-14-29-22(20)32-19-5-4-8-25-15(19)2/h4-5,8,11-14,17H,3,6-7,9-10H2,1-2H3. The zero-order valence-corrected chi connectivity index (χ0v) is 18.1. The Kier molecular flexibility index (Phi) is 5.38. The van der Waals surface area contributed by atoms with Crippen molar-refractivity contribution in [2.45, 2.75) is 39.2 Å². The lowest BCUT2D eigenvalue weighted by atomic mass is 10.1. The van der Waals surface area contributed by atoms with Crippen molar-refractivity contribution in [2.24, 2.45) is 0 Å². The van der Waals surface area contributed by atoms with Crippen LogP contribution in [0.1, 0.15) is 37.1 Å². The van der Waals surface area contributed by atoms with Crippen molar-refractivity contribution < 1.29 is 9.13 Å². The second-order valence-corrected chi connectivity index (χ2v) is 7.91. The number of aromatic nitrogens is 6. The molecular formula is C23H24FN7O. The molecule has 32 heavy (non-hydrogen) atoms. The van der Waals surface area contributed by atoms with Crippen molar-refractivity contribution in [2.75, 3.05) is 18.0 Å². The minimum Gasteiger partial charge on any atom is -0.436 e. The molecule has 4 aromatic heterocycles. The Hall–Kier alpha value is -3.62. The highest BCUT2D eigenvalue weighted by atomic mass is 19.1. The monoisotopic (exact) mass is 433 g/mol. The molecule has 4 aromatic rings. The number of nitrogens with zero attached hydrogens (tertiary/aromatic N) is 7. The maximum atomic E-state index is 15.0. The van der Waals surface area contributed by atoms with E-state index in [-0.39, 0.29) is 17.3 Å². The van der Waals surface area contributed by atoms with Gasteiger partial charge in [0.2, 0.25) is 11.8 Å². The molecule has 0 atom stereocenters. The number of halogens is 1. The molecule has 0 bridgehead atoms. The van der Waals surface area contributed by atoms with Gasteiger partial charge in [-0.15, -0.1) is 0 Å². The number of fused-ring (bicyclic) bond motifs is 1. The van der Waals surface area contributed by atoms with Gasteiger partial charge < -0.3 is 14.2 Å². The van der Waals surface area contributed by atoms with Crippen LogP contribution in [0.3, 0.4) is 0 Å². The topological polar surface area (TPSA) is 81.9 Å². The fraction of sp³-hybridized carbons (Fsp3) is 0.348. The predicted octanol–water partition coefficient (Wildman–Crippen LogP) is 4.26. The molecule has 0 radical (unpaired) electrons. The summed E-state index contributed by atoms with van der Waals surface area (Å²) >= 11 is 0. The molecule has 1 fully saturated rings. The number of pyridine rings is 1. The largest absolute Gasteiger partial charge is 0.436 e. The van der Waals surface area contributed by atoms with E-state index in [2.05, 4.69) is 36.7 Å².